The van der Waals surface area contributed by atoms with Crippen LogP contribution >= 0.6 is 0 Å². The number of aromatic nitrogens is 1. The second-order valence-electron chi connectivity index (χ2n) is 14.4. The van der Waals surface area contributed by atoms with Gasteiger partial charge in [-0.25, -0.2) is 4.57 Å². The van der Waals surface area contributed by atoms with Crippen LogP contribution in [0.4, 0.5) is 0 Å². The van der Waals surface area contributed by atoms with Crippen molar-refractivity contribution in [3.05, 3.63) is 126 Å². The SMILES string of the molecule is Cc1cc(-c2cc(-c3ccccc3)ccc2C)[n+](C)cc1-c1ccc2c(c1)C1(CCCCC1)c1ccccc1[Si]21CCCCC1. The van der Waals surface area contributed by atoms with Crippen molar-refractivity contribution in [2.24, 2.45) is 7.05 Å². The Morgan fingerprint density at radius 3 is 2.04 bits per heavy atom. The van der Waals surface area contributed by atoms with Crippen molar-refractivity contribution in [2.45, 2.75) is 82.7 Å². The molecule has 2 fully saturated rings. The maximum atomic E-state index is 2.68. The van der Waals surface area contributed by atoms with Crippen LogP contribution in [0.1, 0.15) is 73.6 Å². The predicted molar refractivity (Wildman–Crippen MR) is 192 cm³/mol. The number of hydrogen-bond donors (Lipinski definition) is 0. The molecule has 0 bridgehead atoms. The molecule has 3 heterocycles. The van der Waals surface area contributed by atoms with Gasteiger partial charge in [0.05, 0.1) is 0 Å². The van der Waals surface area contributed by atoms with E-state index in [1.807, 2.05) is 0 Å². The van der Waals surface area contributed by atoms with Gasteiger partial charge in [0.15, 0.2) is 6.20 Å². The third-order valence-electron chi connectivity index (χ3n) is 11.8. The first-order valence-corrected chi connectivity index (χ1v) is 19.8. The van der Waals surface area contributed by atoms with Gasteiger partial charge in [-0.05, 0) is 89.0 Å². The molecule has 3 aliphatic rings. The van der Waals surface area contributed by atoms with Gasteiger partial charge < -0.3 is 0 Å². The standard InChI is InChI=1S/C43H46NSi/c1-31-19-20-34(33-15-7-4-8-16-33)28-36(31)40-27-32(2)37(30-44(40)3)35-21-22-42-39(29-35)43(23-11-5-12-24-43)38-17-9-10-18-41(38)45(42)25-13-6-14-26-45/h4,7-10,15-22,27-30H,5-6,11-14,23-26H2,1-3H3/q+1. The quantitative estimate of drug-likeness (QED) is 0.143. The third-order valence-corrected chi connectivity index (χ3v) is 17.2. The van der Waals surface area contributed by atoms with Crippen LogP contribution in [0.15, 0.2) is 103 Å². The number of fused-ring (bicyclic) bond motifs is 6. The Morgan fingerprint density at radius 1 is 0.556 bits per heavy atom. The number of nitrogens with zero attached hydrogens (tertiary/aromatic N) is 1. The number of rotatable bonds is 3. The Bertz CT molecular complexity index is 1890. The van der Waals surface area contributed by atoms with Crippen molar-refractivity contribution in [2.75, 3.05) is 0 Å². The normalized spacial score (nSPS) is 18.0. The van der Waals surface area contributed by atoms with Gasteiger partial charge in [0.2, 0.25) is 5.69 Å². The molecule has 1 aliphatic carbocycles. The second kappa shape index (κ2) is 11.2. The molecule has 226 valence electrons. The molecule has 2 aliphatic heterocycles. The summed E-state index contributed by atoms with van der Waals surface area (Å²) in [5, 5.41) is 3.59. The first-order valence-electron chi connectivity index (χ1n) is 17.4. The van der Waals surface area contributed by atoms with Gasteiger partial charge in [-0.15, -0.1) is 0 Å². The van der Waals surface area contributed by atoms with Crippen LogP contribution < -0.4 is 14.9 Å². The summed E-state index contributed by atoms with van der Waals surface area (Å²) in [7, 11) is 0.463. The first-order chi connectivity index (χ1) is 22.0. The Morgan fingerprint density at radius 2 is 1.24 bits per heavy atom. The van der Waals surface area contributed by atoms with Gasteiger partial charge >= 0.3 is 0 Å². The fourth-order valence-corrected chi connectivity index (χ4v) is 15.4. The lowest BCUT2D eigenvalue weighted by Crippen LogP contribution is -2.67. The summed E-state index contributed by atoms with van der Waals surface area (Å²) in [6.45, 7) is 4.56. The molecule has 2 heteroatoms. The zero-order chi connectivity index (χ0) is 30.6. The molecular formula is C43H46NSi+. The molecule has 45 heavy (non-hydrogen) atoms. The first kappa shape index (κ1) is 28.7. The average Bonchev–Trinajstić information content (AvgIpc) is 3.10. The molecular weight excluding hydrogens is 559 g/mol. The number of hydrogen-bond acceptors (Lipinski definition) is 0. The van der Waals surface area contributed by atoms with Crippen molar-refractivity contribution in [1.29, 1.82) is 0 Å². The van der Waals surface area contributed by atoms with E-state index in [0.29, 0.717) is 0 Å². The minimum Gasteiger partial charge on any atom is -0.200 e. The topological polar surface area (TPSA) is 3.88 Å². The second-order valence-corrected chi connectivity index (χ2v) is 18.6. The molecule has 0 amide bonds. The van der Waals surface area contributed by atoms with Crippen molar-refractivity contribution >= 4 is 18.4 Å². The smallest absolute Gasteiger partial charge is 0.200 e. The van der Waals surface area contributed by atoms with Gasteiger partial charge in [0.25, 0.3) is 0 Å². The molecule has 1 nitrogen and oxygen atoms in total. The summed E-state index contributed by atoms with van der Waals surface area (Å²) in [4.78, 5) is 0. The zero-order valence-electron chi connectivity index (χ0n) is 27.3. The summed E-state index contributed by atoms with van der Waals surface area (Å²) in [6, 6.07) is 40.5. The van der Waals surface area contributed by atoms with Crippen molar-refractivity contribution < 1.29 is 4.57 Å². The largest absolute Gasteiger partial charge is 0.212 e. The van der Waals surface area contributed by atoms with Crippen LogP contribution in [-0.2, 0) is 12.5 Å². The molecule has 0 atom stereocenters. The van der Waals surface area contributed by atoms with Crippen LogP contribution in [0.5, 0.6) is 0 Å². The monoisotopic (exact) mass is 604 g/mol. The lowest BCUT2D eigenvalue weighted by Gasteiger charge is -2.51. The van der Waals surface area contributed by atoms with E-state index in [4.69, 9.17) is 0 Å². The van der Waals surface area contributed by atoms with E-state index >= 15 is 0 Å². The Balaban J connectivity index is 1.27. The maximum Gasteiger partial charge on any atom is 0.212 e. The summed E-state index contributed by atoms with van der Waals surface area (Å²) < 4.78 is 2.36. The lowest BCUT2D eigenvalue weighted by atomic mass is 9.64. The molecule has 1 saturated carbocycles. The summed E-state index contributed by atoms with van der Waals surface area (Å²) in [5.74, 6) is 0. The van der Waals surface area contributed by atoms with Crippen LogP contribution in [0.2, 0.25) is 12.1 Å². The van der Waals surface area contributed by atoms with Gasteiger partial charge in [-0.1, -0.05) is 129 Å². The highest BCUT2D eigenvalue weighted by atomic mass is 28.3. The third kappa shape index (κ3) is 4.59. The van der Waals surface area contributed by atoms with Gasteiger partial charge in [-0.3, -0.25) is 0 Å². The van der Waals surface area contributed by atoms with E-state index in [-0.39, 0.29) is 5.41 Å². The molecule has 1 aromatic heterocycles. The van der Waals surface area contributed by atoms with Crippen LogP contribution in [0.25, 0.3) is 33.5 Å². The van der Waals surface area contributed by atoms with E-state index < -0.39 is 8.07 Å². The van der Waals surface area contributed by atoms with E-state index in [9.17, 15) is 0 Å². The van der Waals surface area contributed by atoms with Gasteiger partial charge in [0.1, 0.15) is 15.1 Å². The van der Waals surface area contributed by atoms with Gasteiger partial charge in [0, 0.05) is 22.6 Å². The Labute approximate surface area is 271 Å². The molecule has 4 aromatic carbocycles. The average molecular weight is 605 g/mol. The molecule has 5 aromatic rings. The summed E-state index contributed by atoms with van der Waals surface area (Å²) >= 11 is 0. The number of aryl methyl sites for hydroxylation is 3. The van der Waals surface area contributed by atoms with Crippen molar-refractivity contribution in [1.82, 2.24) is 0 Å². The van der Waals surface area contributed by atoms with Crippen molar-refractivity contribution in [3.8, 4) is 33.5 Å². The molecule has 0 unspecified atom stereocenters. The van der Waals surface area contributed by atoms with Crippen LogP contribution in [-0.4, -0.2) is 8.07 Å². The highest BCUT2D eigenvalue weighted by molar-refractivity contribution is 7.03. The van der Waals surface area contributed by atoms with Crippen LogP contribution in [0, 0.1) is 13.8 Å². The van der Waals surface area contributed by atoms with Crippen LogP contribution in [0.3, 0.4) is 0 Å². The highest BCUT2D eigenvalue weighted by Crippen LogP contribution is 2.49. The zero-order valence-corrected chi connectivity index (χ0v) is 28.3. The van der Waals surface area contributed by atoms with E-state index in [2.05, 4.69) is 129 Å². The predicted octanol–water partition coefficient (Wildman–Crippen LogP) is 9.44. The molecule has 2 spiro atoms. The molecule has 0 N–H and O–H groups in total. The van der Waals surface area contributed by atoms with E-state index in [1.54, 1.807) is 21.5 Å². The van der Waals surface area contributed by atoms with Crippen molar-refractivity contribution in [3.63, 3.8) is 0 Å². The molecule has 8 rings (SSSR count). The Hall–Kier alpha value is -3.75. The Kier molecular flexibility index (Phi) is 7.17. The number of pyridine rings is 1. The maximum absolute atomic E-state index is 2.68. The van der Waals surface area contributed by atoms with E-state index in [0.717, 1.165) is 0 Å². The van der Waals surface area contributed by atoms with Gasteiger partial charge in [-0.2, -0.15) is 0 Å². The fraction of sp³-hybridized carbons (Fsp3) is 0.326. The van der Waals surface area contributed by atoms with E-state index in [1.165, 1.54) is 108 Å². The molecule has 1 saturated heterocycles. The summed E-state index contributed by atoms with van der Waals surface area (Å²) in [5.41, 5.74) is 14.2. The lowest BCUT2D eigenvalue weighted by molar-refractivity contribution is -0.660. The fourth-order valence-electron chi connectivity index (χ4n) is 9.55. The summed E-state index contributed by atoms with van der Waals surface area (Å²) in [6.07, 6.45) is 13.3. The molecule has 0 radical (unpaired) electrons. The minimum absolute atomic E-state index is 0.181. The highest BCUT2D eigenvalue weighted by Gasteiger charge is 2.51. The number of benzene rings is 4. The minimum atomic E-state index is -1.77.